The molecule has 1 aliphatic rings. The molecule has 4 rings (SSSR count). The third-order valence-corrected chi connectivity index (χ3v) is 4.70. The molecular formula is C20H16F3N3. The topological polar surface area (TPSA) is 37.8 Å². The van der Waals surface area contributed by atoms with Gasteiger partial charge in [0.2, 0.25) is 0 Å². The van der Waals surface area contributed by atoms with Gasteiger partial charge in [0.05, 0.1) is 5.69 Å². The highest BCUT2D eigenvalue weighted by molar-refractivity contribution is 5.62. The average Bonchev–Trinajstić information content (AvgIpc) is 2.85. The summed E-state index contributed by atoms with van der Waals surface area (Å²) in [7, 11) is 0. The predicted molar refractivity (Wildman–Crippen MR) is 92.0 cm³/mol. The van der Waals surface area contributed by atoms with Gasteiger partial charge in [0, 0.05) is 35.9 Å². The van der Waals surface area contributed by atoms with Gasteiger partial charge in [-0.2, -0.15) is 10.2 Å². The summed E-state index contributed by atoms with van der Waals surface area (Å²) >= 11 is 0. The second kappa shape index (κ2) is 6.88. The molecule has 3 aromatic rings. The number of hydrogen-bond acceptors (Lipinski definition) is 3. The van der Waals surface area contributed by atoms with Gasteiger partial charge in [-0.1, -0.05) is 6.07 Å². The van der Waals surface area contributed by atoms with Crippen LogP contribution < -0.4 is 5.32 Å². The fourth-order valence-corrected chi connectivity index (χ4v) is 3.52. The largest absolute Gasteiger partial charge is 0.313 e. The number of rotatable bonds is 2. The van der Waals surface area contributed by atoms with Crippen molar-refractivity contribution in [1.29, 1.82) is 0 Å². The van der Waals surface area contributed by atoms with Crippen molar-refractivity contribution < 1.29 is 13.2 Å². The molecule has 26 heavy (non-hydrogen) atoms. The first-order valence-electron chi connectivity index (χ1n) is 8.39. The van der Waals surface area contributed by atoms with Crippen molar-refractivity contribution in [3.63, 3.8) is 0 Å². The normalized spacial score (nSPS) is 16.8. The fraction of sp³-hybridized carbons (Fsp3) is 0.200. The zero-order valence-electron chi connectivity index (χ0n) is 13.8. The van der Waals surface area contributed by atoms with Gasteiger partial charge in [0.15, 0.2) is 0 Å². The van der Waals surface area contributed by atoms with E-state index in [1.165, 1.54) is 18.3 Å². The van der Waals surface area contributed by atoms with Crippen molar-refractivity contribution in [2.45, 2.75) is 18.9 Å². The van der Waals surface area contributed by atoms with Gasteiger partial charge in [-0.15, -0.1) is 0 Å². The lowest BCUT2D eigenvalue weighted by Crippen LogP contribution is -2.13. The van der Waals surface area contributed by atoms with Crippen LogP contribution in [0.5, 0.6) is 0 Å². The van der Waals surface area contributed by atoms with Gasteiger partial charge in [-0.3, -0.25) is 0 Å². The lowest BCUT2D eigenvalue weighted by atomic mass is 9.85. The van der Waals surface area contributed by atoms with Crippen LogP contribution in [0, 0.1) is 17.5 Å². The van der Waals surface area contributed by atoms with Gasteiger partial charge in [0.1, 0.15) is 17.5 Å². The molecule has 1 atom stereocenters. The Kier molecular flexibility index (Phi) is 4.42. The first-order chi connectivity index (χ1) is 12.6. The maximum Gasteiger partial charge on any atom is 0.137 e. The van der Waals surface area contributed by atoms with Crippen LogP contribution in [0.3, 0.4) is 0 Å². The molecule has 0 fully saturated rings. The van der Waals surface area contributed by atoms with Gasteiger partial charge in [0.25, 0.3) is 0 Å². The summed E-state index contributed by atoms with van der Waals surface area (Å²) in [6, 6.07) is 10.4. The number of aromatic nitrogens is 2. The summed E-state index contributed by atoms with van der Waals surface area (Å²) in [6.45, 7) is 0.973. The van der Waals surface area contributed by atoms with Crippen LogP contribution in [0.15, 0.2) is 48.7 Å². The van der Waals surface area contributed by atoms with E-state index in [4.69, 9.17) is 0 Å². The number of nitrogens with one attached hydrogen (secondary N) is 1. The number of fused-ring (bicyclic) bond motifs is 1. The molecule has 0 spiro atoms. The van der Waals surface area contributed by atoms with Gasteiger partial charge < -0.3 is 5.32 Å². The second-order valence-corrected chi connectivity index (χ2v) is 6.32. The van der Waals surface area contributed by atoms with Crippen LogP contribution in [-0.4, -0.2) is 16.7 Å². The summed E-state index contributed by atoms with van der Waals surface area (Å²) in [4.78, 5) is 0. The van der Waals surface area contributed by atoms with Crippen LogP contribution in [0.1, 0.15) is 29.0 Å². The summed E-state index contributed by atoms with van der Waals surface area (Å²) in [5.41, 5.74) is 2.57. The van der Waals surface area contributed by atoms with E-state index in [2.05, 4.69) is 15.5 Å². The SMILES string of the molecule is Fc1cc(F)cc(C2CCNCc3c2ccc(-c2cccnn2)c3F)c1. The van der Waals surface area contributed by atoms with Crippen molar-refractivity contribution in [2.24, 2.45) is 0 Å². The highest BCUT2D eigenvalue weighted by Gasteiger charge is 2.25. The minimum Gasteiger partial charge on any atom is -0.313 e. The van der Waals surface area contributed by atoms with E-state index in [1.807, 2.05) is 6.07 Å². The Bertz CT molecular complexity index is 924. The number of nitrogens with zero attached hydrogens (tertiary/aromatic N) is 2. The maximum absolute atomic E-state index is 15.2. The fourth-order valence-electron chi connectivity index (χ4n) is 3.52. The minimum atomic E-state index is -0.629. The first kappa shape index (κ1) is 16.7. The molecule has 0 aliphatic carbocycles. The van der Waals surface area contributed by atoms with Crippen molar-refractivity contribution in [2.75, 3.05) is 6.54 Å². The Morgan fingerprint density at radius 2 is 1.81 bits per heavy atom. The molecule has 1 N–H and O–H groups in total. The lowest BCUT2D eigenvalue weighted by molar-refractivity contribution is 0.573. The molecule has 0 bridgehead atoms. The third kappa shape index (κ3) is 3.08. The molecule has 0 saturated heterocycles. The zero-order chi connectivity index (χ0) is 18.1. The standard InChI is InChI=1S/C20H16F3N3/c21-13-8-12(9-14(22)10-13)15-5-7-24-11-18-16(15)3-4-17(20(18)23)19-2-1-6-25-26-19/h1-4,6,8-10,15,24H,5,7,11H2. The Morgan fingerprint density at radius 3 is 2.54 bits per heavy atom. The molecule has 1 unspecified atom stereocenters. The Morgan fingerprint density at radius 1 is 1.00 bits per heavy atom. The van der Waals surface area contributed by atoms with E-state index < -0.39 is 11.6 Å². The van der Waals surface area contributed by atoms with E-state index >= 15 is 4.39 Å². The molecule has 1 aromatic heterocycles. The number of halogens is 3. The molecular weight excluding hydrogens is 339 g/mol. The highest BCUT2D eigenvalue weighted by atomic mass is 19.1. The Balaban J connectivity index is 1.84. The van der Waals surface area contributed by atoms with Gasteiger partial charge in [-0.05, 0) is 54.4 Å². The van der Waals surface area contributed by atoms with Gasteiger partial charge in [-0.25, -0.2) is 13.2 Å². The van der Waals surface area contributed by atoms with Crippen LogP contribution >= 0.6 is 0 Å². The first-order valence-corrected chi connectivity index (χ1v) is 8.39. The van der Waals surface area contributed by atoms with E-state index in [-0.39, 0.29) is 11.7 Å². The van der Waals surface area contributed by atoms with E-state index in [9.17, 15) is 8.78 Å². The molecule has 132 valence electrons. The molecule has 0 amide bonds. The van der Waals surface area contributed by atoms with Gasteiger partial charge >= 0.3 is 0 Å². The summed E-state index contributed by atoms with van der Waals surface area (Å²) in [5.74, 6) is -1.92. The Labute approximate surface area is 148 Å². The Hall–Kier alpha value is -2.73. The zero-order valence-corrected chi connectivity index (χ0v) is 13.8. The highest BCUT2D eigenvalue weighted by Crippen LogP contribution is 2.36. The van der Waals surface area contributed by atoms with Crippen molar-refractivity contribution in [3.8, 4) is 11.3 Å². The summed E-state index contributed by atoms with van der Waals surface area (Å²) in [5, 5.41) is 11.0. The predicted octanol–water partition coefficient (Wildman–Crippen LogP) is 4.19. The molecule has 3 nitrogen and oxygen atoms in total. The van der Waals surface area contributed by atoms with Crippen LogP contribution in [0.25, 0.3) is 11.3 Å². The smallest absolute Gasteiger partial charge is 0.137 e. The number of hydrogen-bond donors (Lipinski definition) is 1. The molecule has 0 radical (unpaired) electrons. The minimum absolute atomic E-state index is 0.282. The molecule has 2 heterocycles. The molecule has 0 saturated carbocycles. The van der Waals surface area contributed by atoms with E-state index in [0.29, 0.717) is 41.9 Å². The summed E-state index contributed by atoms with van der Waals surface area (Å²) in [6.07, 6.45) is 2.15. The molecule has 6 heteroatoms. The monoisotopic (exact) mass is 355 g/mol. The lowest BCUT2D eigenvalue weighted by Gasteiger charge is -2.19. The van der Waals surface area contributed by atoms with Crippen molar-refractivity contribution in [3.05, 3.63) is 82.8 Å². The van der Waals surface area contributed by atoms with Crippen LogP contribution in [0.2, 0.25) is 0 Å². The average molecular weight is 355 g/mol. The van der Waals surface area contributed by atoms with E-state index in [0.717, 1.165) is 11.6 Å². The second-order valence-electron chi connectivity index (χ2n) is 6.32. The van der Waals surface area contributed by atoms with Crippen LogP contribution in [0.4, 0.5) is 13.2 Å². The van der Waals surface area contributed by atoms with Crippen LogP contribution in [-0.2, 0) is 6.54 Å². The van der Waals surface area contributed by atoms with Crippen molar-refractivity contribution >= 4 is 0 Å². The third-order valence-electron chi connectivity index (χ3n) is 4.70. The summed E-state index contributed by atoms with van der Waals surface area (Å²) < 4.78 is 42.6. The number of benzene rings is 2. The maximum atomic E-state index is 15.2. The quantitative estimate of drug-likeness (QED) is 0.749. The van der Waals surface area contributed by atoms with E-state index in [1.54, 1.807) is 18.2 Å². The molecule has 1 aliphatic heterocycles. The molecule has 2 aromatic carbocycles. The van der Waals surface area contributed by atoms with Crippen molar-refractivity contribution in [1.82, 2.24) is 15.5 Å².